The average Bonchev–Trinajstić information content (AvgIpc) is 2.36. The second kappa shape index (κ2) is 5.83. The maximum absolute atomic E-state index is 11.2. The van der Waals surface area contributed by atoms with Gasteiger partial charge in [-0.15, -0.1) is 0 Å². The fourth-order valence-electron chi connectivity index (χ4n) is 2.83. The Bertz CT molecular complexity index is 469. The Morgan fingerprint density at radius 3 is 2.74 bits per heavy atom. The third kappa shape index (κ3) is 3.03. The zero-order valence-electron chi connectivity index (χ0n) is 11.2. The molecule has 0 aliphatic heterocycles. The van der Waals surface area contributed by atoms with Gasteiger partial charge in [-0.3, -0.25) is 4.79 Å². The van der Waals surface area contributed by atoms with E-state index in [-0.39, 0.29) is 11.4 Å². The molecule has 0 amide bonds. The first-order valence-electron chi connectivity index (χ1n) is 6.70. The van der Waals surface area contributed by atoms with Crippen molar-refractivity contribution in [1.82, 2.24) is 0 Å². The molecule has 1 aromatic carbocycles. The molecule has 1 aliphatic carbocycles. The van der Waals surface area contributed by atoms with Crippen LogP contribution in [0.25, 0.3) is 0 Å². The number of esters is 1. The monoisotopic (exact) mass is 281 g/mol. The summed E-state index contributed by atoms with van der Waals surface area (Å²) in [6.45, 7) is 0. The maximum Gasteiger partial charge on any atom is 0.305 e. The zero-order chi connectivity index (χ0) is 13.9. The number of carbonyl (C=O) groups is 1. The van der Waals surface area contributed by atoms with Crippen LogP contribution in [0.2, 0.25) is 5.02 Å². The lowest BCUT2D eigenvalue weighted by Gasteiger charge is -2.43. The van der Waals surface area contributed by atoms with Gasteiger partial charge in [-0.1, -0.05) is 24.1 Å². The Kier molecular flexibility index (Phi) is 4.35. The van der Waals surface area contributed by atoms with Crippen molar-refractivity contribution in [2.75, 3.05) is 12.8 Å². The molecule has 2 N–H and O–H groups in total. The summed E-state index contributed by atoms with van der Waals surface area (Å²) in [5.74, 6) is -0.134. The van der Waals surface area contributed by atoms with E-state index >= 15 is 0 Å². The van der Waals surface area contributed by atoms with Crippen molar-refractivity contribution in [2.45, 2.75) is 43.9 Å². The number of nitrogens with two attached hydrogens (primary N) is 1. The summed E-state index contributed by atoms with van der Waals surface area (Å²) >= 11 is 5.97. The summed E-state index contributed by atoms with van der Waals surface area (Å²) in [4.78, 5) is 11.2. The van der Waals surface area contributed by atoms with E-state index in [1.165, 1.54) is 19.1 Å². The normalized spacial score (nSPS) is 16.7. The molecule has 1 aliphatic rings. The molecule has 1 aromatic rings. The van der Waals surface area contributed by atoms with Crippen LogP contribution in [-0.2, 0) is 14.9 Å². The van der Waals surface area contributed by atoms with Gasteiger partial charge >= 0.3 is 5.97 Å². The largest absolute Gasteiger partial charge is 0.469 e. The van der Waals surface area contributed by atoms with Crippen LogP contribution in [0.15, 0.2) is 18.2 Å². The molecule has 0 spiro atoms. The smallest absolute Gasteiger partial charge is 0.305 e. The molecule has 0 bridgehead atoms. The number of hydrogen-bond acceptors (Lipinski definition) is 3. The van der Waals surface area contributed by atoms with Crippen LogP contribution < -0.4 is 5.73 Å². The SMILES string of the molecule is COC(=O)CCCC1(c2ccc(Cl)c(N)c2)CCC1. The predicted octanol–water partition coefficient (Wildman–Crippen LogP) is 3.69. The molecule has 2 rings (SSSR count). The highest BCUT2D eigenvalue weighted by atomic mass is 35.5. The van der Waals surface area contributed by atoms with Crippen molar-refractivity contribution in [1.29, 1.82) is 0 Å². The van der Waals surface area contributed by atoms with E-state index in [0.717, 1.165) is 25.7 Å². The molecule has 0 heterocycles. The summed E-state index contributed by atoms with van der Waals surface area (Å²) in [7, 11) is 1.43. The van der Waals surface area contributed by atoms with Crippen molar-refractivity contribution in [3.63, 3.8) is 0 Å². The number of halogens is 1. The summed E-state index contributed by atoms with van der Waals surface area (Å²) in [5.41, 5.74) is 7.97. The number of nitrogen functional groups attached to an aromatic ring is 1. The first-order valence-corrected chi connectivity index (χ1v) is 7.07. The quantitative estimate of drug-likeness (QED) is 0.661. The molecule has 104 valence electrons. The fraction of sp³-hybridized carbons (Fsp3) is 0.533. The number of hydrogen-bond donors (Lipinski definition) is 1. The summed E-state index contributed by atoms with van der Waals surface area (Å²) in [6, 6.07) is 5.92. The number of carbonyl (C=O) groups excluding carboxylic acids is 1. The summed E-state index contributed by atoms with van der Waals surface area (Å²) in [5, 5.41) is 0.604. The van der Waals surface area contributed by atoms with Crippen molar-refractivity contribution < 1.29 is 9.53 Å². The minimum atomic E-state index is -0.134. The minimum absolute atomic E-state index is 0.134. The van der Waals surface area contributed by atoms with E-state index in [4.69, 9.17) is 17.3 Å². The molecule has 19 heavy (non-hydrogen) atoms. The Hall–Kier alpha value is -1.22. The molecule has 0 saturated heterocycles. The van der Waals surface area contributed by atoms with Crippen LogP contribution in [-0.4, -0.2) is 13.1 Å². The van der Waals surface area contributed by atoms with E-state index in [1.807, 2.05) is 12.1 Å². The van der Waals surface area contributed by atoms with Crippen LogP contribution in [0, 0.1) is 0 Å². The van der Waals surface area contributed by atoms with E-state index in [0.29, 0.717) is 17.1 Å². The van der Waals surface area contributed by atoms with Crippen LogP contribution in [0.1, 0.15) is 44.1 Å². The second-order valence-corrected chi connectivity index (χ2v) is 5.71. The van der Waals surface area contributed by atoms with Crippen LogP contribution in [0.3, 0.4) is 0 Å². The number of ether oxygens (including phenoxy) is 1. The standard InChI is InChI=1S/C15H20ClNO2/c1-19-14(18)4-2-7-15(8-3-9-15)11-5-6-12(16)13(17)10-11/h5-6,10H,2-4,7-9,17H2,1H3. The van der Waals surface area contributed by atoms with Gasteiger partial charge in [0.2, 0.25) is 0 Å². The molecule has 0 unspecified atom stereocenters. The summed E-state index contributed by atoms with van der Waals surface area (Å²) < 4.78 is 4.68. The van der Waals surface area contributed by atoms with Gasteiger partial charge in [-0.2, -0.15) is 0 Å². The topological polar surface area (TPSA) is 52.3 Å². The average molecular weight is 282 g/mol. The van der Waals surface area contributed by atoms with Gasteiger partial charge < -0.3 is 10.5 Å². The third-order valence-corrected chi connectivity index (χ3v) is 4.53. The van der Waals surface area contributed by atoms with E-state index in [9.17, 15) is 4.79 Å². The van der Waals surface area contributed by atoms with Crippen LogP contribution in [0.4, 0.5) is 5.69 Å². The van der Waals surface area contributed by atoms with Crippen LogP contribution in [0.5, 0.6) is 0 Å². The molecule has 1 fully saturated rings. The molecule has 3 nitrogen and oxygen atoms in total. The predicted molar refractivity (Wildman–Crippen MR) is 77.3 cm³/mol. The first kappa shape index (κ1) is 14.2. The molecule has 4 heteroatoms. The zero-order valence-corrected chi connectivity index (χ0v) is 12.0. The van der Waals surface area contributed by atoms with Gasteiger partial charge in [-0.05, 0) is 48.8 Å². The highest BCUT2D eigenvalue weighted by molar-refractivity contribution is 6.33. The van der Waals surface area contributed by atoms with E-state index in [1.54, 1.807) is 0 Å². The van der Waals surface area contributed by atoms with Crippen LogP contribution >= 0.6 is 11.6 Å². The summed E-state index contributed by atoms with van der Waals surface area (Å²) in [6.07, 6.45) is 5.91. The van der Waals surface area contributed by atoms with Gasteiger partial charge in [-0.25, -0.2) is 0 Å². The molecule has 0 aromatic heterocycles. The van der Waals surface area contributed by atoms with Gasteiger partial charge in [0.15, 0.2) is 0 Å². The Balaban J connectivity index is 2.05. The van der Waals surface area contributed by atoms with Gasteiger partial charge in [0.05, 0.1) is 17.8 Å². The number of anilines is 1. The van der Waals surface area contributed by atoms with Crippen molar-refractivity contribution >= 4 is 23.3 Å². The van der Waals surface area contributed by atoms with Crippen molar-refractivity contribution in [3.05, 3.63) is 28.8 Å². The van der Waals surface area contributed by atoms with Gasteiger partial charge in [0, 0.05) is 6.42 Å². The Morgan fingerprint density at radius 2 is 2.21 bits per heavy atom. The molecule has 0 atom stereocenters. The Labute approximate surface area is 119 Å². The fourth-order valence-corrected chi connectivity index (χ4v) is 2.95. The lowest BCUT2D eigenvalue weighted by atomic mass is 9.62. The molecular weight excluding hydrogens is 262 g/mol. The number of methoxy groups -OCH3 is 1. The molecule has 0 radical (unpaired) electrons. The van der Waals surface area contributed by atoms with E-state index in [2.05, 4.69) is 10.8 Å². The highest BCUT2D eigenvalue weighted by Crippen LogP contribution is 2.48. The van der Waals surface area contributed by atoms with Gasteiger partial charge in [0.1, 0.15) is 0 Å². The van der Waals surface area contributed by atoms with Crippen molar-refractivity contribution in [3.8, 4) is 0 Å². The second-order valence-electron chi connectivity index (χ2n) is 5.30. The first-order chi connectivity index (χ1) is 9.07. The number of rotatable bonds is 5. The maximum atomic E-state index is 11.2. The van der Waals surface area contributed by atoms with Crippen molar-refractivity contribution in [2.24, 2.45) is 0 Å². The van der Waals surface area contributed by atoms with Gasteiger partial charge in [0.25, 0.3) is 0 Å². The number of benzene rings is 1. The lowest BCUT2D eigenvalue weighted by molar-refractivity contribution is -0.140. The molecule has 1 saturated carbocycles. The Morgan fingerprint density at radius 1 is 1.47 bits per heavy atom. The highest BCUT2D eigenvalue weighted by Gasteiger charge is 2.38. The lowest BCUT2D eigenvalue weighted by Crippen LogP contribution is -2.34. The third-order valence-electron chi connectivity index (χ3n) is 4.18. The molecular formula is C15H20ClNO2. The van der Waals surface area contributed by atoms with E-state index < -0.39 is 0 Å². The minimum Gasteiger partial charge on any atom is -0.469 e.